The first-order valence-corrected chi connectivity index (χ1v) is 10.00. The van der Waals surface area contributed by atoms with Gasteiger partial charge in [-0.1, -0.05) is 13.8 Å². The van der Waals surface area contributed by atoms with E-state index < -0.39 is 10.0 Å². The summed E-state index contributed by atoms with van der Waals surface area (Å²) < 4.78 is 30.0. The molecule has 1 aliphatic carbocycles. The molecule has 6 nitrogen and oxygen atoms in total. The van der Waals surface area contributed by atoms with E-state index in [2.05, 4.69) is 37.9 Å². The van der Waals surface area contributed by atoms with Crippen molar-refractivity contribution >= 4 is 10.0 Å². The van der Waals surface area contributed by atoms with Crippen LogP contribution in [0.25, 0.3) is 0 Å². The predicted molar refractivity (Wildman–Crippen MR) is 94.3 cm³/mol. The minimum absolute atomic E-state index is 0.0874. The van der Waals surface area contributed by atoms with Crippen molar-refractivity contribution < 1.29 is 8.42 Å². The number of fused-ring (bicyclic) bond motifs is 1. The summed E-state index contributed by atoms with van der Waals surface area (Å²) in [7, 11) is 2.45. The van der Waals surface area contributed by atoms with Crippen molar-refractivity contribution in [2.24, 2.45) is 23.8 Å². The molecule has 1 saturated carbocycles. The minimum atomic E-state index is -3.50. The molecule has 3 rings (SSSR count). The Morgan fingerprint density at radius 1 is 1.29 bits per heavy atom. The van der Waals surface area contributed by atoms with Crippen molar-refractivity contribution in [3.63, 3.8) is 0 Å². The van der Waals surface area contributed by atoms with E-state index in [1.807, 2.05) is 6.92 Å². The molecule has 1 aromatic rings. The number of aromatic nitrogens is 2. The lowest BCUT2D eigenvalue weighted by Gasteiger charge is -2.57. The maximum Gasteiger partial charge on any atom is 0.246 e. The Hall–Kier alpha value is -0.920. The average Bonchev–Trinajstić information content (AvgIpc) is 2.85. The van der Waals surface area contributed by atoms with Crippen molar-refractivity contribution in [3.05, 3.63) is 11.4 Å². The molecule has 2 heterocycles. The molecule has 24 heavy (non-hydrogen) atoms. The molecular weight excluding hydrogens is 324 g/mol. The fraction of sp³-hybridized carbons (Fsp3) is 0.824. The van der Waals surface area contributed by atoms with Crippen LogP contribution in [-0.4, -0.2) is 61.1 Å². The molecule has 1 aliphatic heterocycles. The summed E-state index contributed by atoms with van der Waals surface area (Å²) in [4.78, 5) is 2.59. The second-order valence-electron chi connectivity index (χ2n) is 8.74. The number of aryl methyl sites for hydroxylation is 2. The second kappa shape index (κ2) is 5.29. The summed E-state index contributed by atoms with van der Waals surface area (Å²) in [6.07, 6.45) is 1.08. The van der Waals surface area contributed by atoms with Crippen LogP contribution >= 0.6 is 0 Å². The zero-order valence-electron chi connectivity index (χ0n) is 15.9. The molecule has 0 N–H and O–H groups in total. The Morgan fingerprint density at radius 2 is 1.92 bits per heavy atom. The Bertz CT molecular complexity index is 762. The lowest BCUT2D eigenvalue weighted by Crippen LogP contribution is -2.57. The third kappa shape index (κ3) is 2.44. The largest absolute Gasteiger partial charge is 0.309 e. The van der Waals surface area contributed by atoms with E-state index in [1.165, 1.54) is 0 Å². The first kappa shape index (κ1) is 17.9. The highest BCUT2D eigenvalue weighted by atomic mass is 32.2. The van der Waals surface area contributed by atoms with E-state index in [0.29, 0.717) is 35.3 Å². The molecule has 0 amide bonds. The van der Waals surface area contributed by atoms with Crippen molar-refractivity contribution in [1.29, 1.82) is 0 Å². The number of nitrogens with zero attached hydrogens (tertiary/aromatic N) is 4. The van der Waals surface area contributed by atoms with Crippen molar-refractivity contribution in [3.8, 4) is 0 Å². The van der Waals surface area contributed by atoms with Gasteiger partial charge in [0.05, 0.1) is 11.4 Å². The predicted octanol–water partition coefficient (Wildman–Crippen LogP) is 1.64. The normalized spacial score (nSPS) is 29.8. The zero-order valence-corrected chi connectivity index (χ0v) is 16.7. The van der Waals surface area contributed by atoms with Crippen LogP contribution in [0.5, 0.6) is 0 Å². The maximum atomic E-state index is 13.3. The molecule has 0 spiro atoms. The fourth-order valence-corrected chi connectivity index (χ4v) is 7.31. The number of hydrogen-bond acceptors (Lipinski definition) is 4. The van der Waals surface area contributed by atoms with Gasteiger partial charge in [0.2, 0.25) is 10.0 Å². The van der Waals surface area contributed by atoms with Crippen LogP contribution in [-0.2, 0) is 17.1 Å². The van der Waals surface area contributed by atoms with Crippen LogP contribution < -0.4 is 0 Å². The highest BCUT2D eigenvalue weighted by Crippen LogP contribution is 2.63. The Kier molecular flexibility index (Phi) is 3.94. The van der Waals surface area contributed by atoms with Gasteiger partial charge in [-0.25, -0.2) is 8.42 Å². The highest BCUT2D eigenvalue weighted by molar-refractivity contribution is 7.89. The Labute approximate surface area is 145 Å². The van der Waals surface area contributed by atoms with E-state index in [-0.39, 0.29) is 10.8 Å². The van der Waals surface area contributed by atoms with Gasteiger partial charge >= 0.3 is 0 Å². The summed E-state index contributed by atoms with van der Waals surface area (Å²) >= 11 is 0. The van der Waals surface area contributed by atoms with Crippen molar-refractivity contribution in [1.82, 2.24) is 19.0 Å². The monoisotopic (exact) mass is 354 g/mol. The molecular formula is C17H30N4O2S. The molecule has 0 unspecified atom stereocenters. The SMILES string of the molecule is Cc1nn(C)c(C)c1S(=O)(=O)N1C[C@@H]2C(C)(C)C[C@]2(CN(C)C)C1. The number of hydrogen-bond donors (Lipinski definition) is 0. The Morgan fingerprint density at radius 3 is 2.38 bits per heavy atom. The lowest BCUT2D eigenvalue weighted by molar-refractivity contribution is -0.0789. The summed E-state index contributed by atoms with van der Waals surface area (Å²) in [6, 6.07) is 0. The number of rotatable bonds is 4. The molecule has 0 radical (unpaired) electrons. The van der Waals surface area contributed by atoms with Gasteiger partial charge in [0, 0.05) is 32.1 Å². The van der Waals surface area contributed by atoms with Crippen LogP contribution in [0.4, 0.5) is 0 Å². The molecule has 1 aromatic heterocycles. The van der Waals surface area contributed by atoms with Gasteiger partial charge in [-0.2, -0.15) is 9.40 Å². The highest BCUT2D eigenvalue weighted by Gasteiger charge is 2.64. The lowest BCUT2D eigenvalue weighted by atomic mass is 9.48. The van der Waals surface area contributed by atoms with Crippen molar-refractivity contribution in [2.75, 3.05) is 33.7 Å². The molecule has 136 valence electrons. The molecule has 0 aromatic carbocycles. The maximum absolute atomic E-state index is 13.3. The third-order valence-corrected chi connectivity index (χ3v) is 8.10. The van der Waals surface area contributed by atoms with E-state index in [9.17, 15) is 8.42 Å². The minimum Gasteiger partial charge on any atom is -0.309 e. The Balaban J connectivity index is 1.97. The molecule has 1 saturated heterocycles. The van der Waals surface area contributed by atoms with Gasteiger partial charge in [-0.15, -0.1) is 0 Å². The van der Waals surface area contributed by atoms with E-state index in [4.69, 9.17) is 0 Å². The van der Waals surface area contributed by atoms with Gasteiger partial charge < -0.3 is 4.90 Å². The second-order valence-corrected chi connectivity index (χ2v) is 10.6. The molecule has 2 fully saturated rings. The van der Waals surface area contributed by atoms with Gasteiger partial charge in [-0.3, -0.25) is 4.68 Å². The standard InChI is InChI=1S/C17H30N4O2S/c1-12-15(13(2)20(7)18-12)24(22,23)21-8-14-16(3,4)9-17(14,11-21)10-19(5)6/h14H,8-11H2,1-7H3/t14-,17+/m1/s1. The molecule has 2 atom stereocenters. The smallest absolute Gasteiger partial charge is 0.246 e. The van der Waals surface area contributed by atoms with Crippen LogP contribution in [0.1, 0.15) is 31.7 Å². The van der Waals surface area contributed by atoms with Crippen LogP contribution in [0.15, 0.2) is 4.90 Å². The quantitative estimate of drug-likeness (QED) is 0.825. The number of sulfonamides is 1. The van der Waals surface area contributed by atoms with Gasteiger partial charge in [0.15, 0.2) is 0 Å². The fourth-order valence-electron chi connectivity index (χ4n) is 5.36. The van der Waals surface area contributed by atoms with Gasteiger partial charge in [-0.05, 0) is 45.7 Å². The van der Waals surface area contributed by atoms with E-state index in [0.717, 1.165) is 13.0 Å². The third-order valence-electron chi connectivity index (χ3n) is 6.04. The summed E-state index contributed by atoms with van der Waals surface area (Å²) in [6.45, 7) is 10.3. The summed E-state index contributed by atoms with van der Waals surface area (Å²) in [5.74, 6) is 0.416. The molecule has 2 aliphatic rings. The average molecular weight is 355 g/mol. The molecule has 0 bridgehead atoms. The first-order chi connectivity index (χ1) is 10.9. The zero-order chi connectivity index (χ0) is 18.1. The van der Waals surface area contributed by atoms with Crippen LogP contribution in [0, 0.1) is 30.6 Å². The van der Waals surface area contributed by atoms with Crippen LogP contribution in [0.3, 0.4) is 0 Å². The van der Waals surface area contributed by atoms with E-state index in [1.54, 1.807) is 23.0 Å². The topological polar surface area (TPSA) is 58.4 Å². The van der Waals surface area contributed by atoms with Crippen LogP contribution in [0.2, 0.25) is 0 Å². The van der Waals surface area contributed by atoms with E-state index >= 15 is 0 Å². The summed E-state index contributed by atoms with van der Waals surface area (Å²) in [5.41, 5.74) is 1.60. The van der Waals surface area contributed by atoms with Gasteiger partial charge in [0.25, 0.3) is 0 Å². The first-order valence-electron chi connectivity index (χ1n) is 8.56. The van der Waals surface area contributed by atoms with Crippen molar-refractivity contribution in [2.45, 2.75) is 39.0 Å². The molecule has 7 heteroatoms. The van der Waals surface area contributed by atoms with Gasteiger partial charge in [0.1, 0.15) is 4.90 Å². The summed E-state index contributed by atoms with van der Waals surface area (Å²) in [5, 5.41) is 4.30.